The van der Waals surface area contributed by atoms with Crippen LogP contribution in [0.15, 0.2) is 85.1 Å². The number of carbonyl (C=O) groups excluding carboxylic acids is 1. The van der Waals surface area contributed by atoms with Crippen LogP contribution in [0.4, 0.5) is 16.6 Å². The summed E-state index contributed by atoms with van der Waals surface area (Å²) in [5.74, 6) is -0.0781. The van der Waals surface area contributed by atoms with E-state index in [0.29, 0.717) is 35.6 Å². The topological polar surface area (TPSA) is 150 Å². The molecule has 0 aliphatic carbocycles. The number of fused-ring (bicyclic) bond motifs is 1. The Balaban J connectivity index is 1.49. The molecule has 0 aliphatic heterocycles. The number of carboxylic acid groups (broad SMARTS) is 1. The number of carbonyl (C=O) groups is 2. The lowest BCUT2D eigenvalue weighted by Crippen LogP contribution is -2.66. The quantitative estimate of drug-likeness (QED) is 0.106. The zero-order valence-corrected chi connectivity index (χ0v) is 31.0. The monoisotopic (exact) mass is 710 g/mol. The van der Waals surface area contributed by atoms with Gasteiger partial charge in [-0.2, -0.15) is 10.1 Å². The third kappa shape index (κ3) is 8.21. The first-order valence-electron chi connectivity index (χ1n) is 17.0. The average Bonchev–Trinajstić information content (AvgIpc) is 3.52. The summed E-state index contributed by atoms with van der Waals surface area (Å²) in [4.78, 5) is 33.0. The summed E-state index contributed by atoms with van der Waals surface area (Å²) in [6.07, 6.45) is 3.32. The summed E-state index contributed by atoms with van der Waals surface area (Å²) >= 11 is 0. The van der Waals surface area contributed by atoms with E-state index in [9.17, 15) is 14.7 Å². The number of methoxy groups -OCH3 is 2. The molecule has 0 aliphatic rings. The van der Waals surface area contributed by atoms with Gasteiger partial charge in [0, 0.05) is 18.2 Å². The number of hydrogen-bond acceptors (Lipinski definition) is 9. The van der Waals surface area contributed by atoms with Gasteiger partial charge in [0.05, 0.1) is 32.5 Å². The molecule has 2 heterocycles. The van der Waals surface area contributed by atoms with E-state index in [1.807, 2.05) is 12.1 Å². The number of aromatic carboxylic acids is 1. The van der Waals surface area contributed by atoms with Crippen molar-refractivity contribution in [3.8, 4) is 5.75 Å². The standard InChI is InChI=1S/C38H46N6O6Si/c1-7-14-28(21-22-50-51(38(2,3)4,29-15-10-8-11-16-29)30-17-12-9-13-18-30)40-34-33-31(41-36(42-34)43-37(47)49-6)24-39-44(33)25-27-20-19-26(35(45)46)23-32(27)48-5/h8-13,15-20,23-24,28H,7,14,21-22,25H2,1-6H3,(H,45,46)(H2,40,41,42,43,47). The fourth-order valence-electron chi connectivity index (χ4n) is 6.53. The number of ether oxygens (including phenoxy) is 2. The SMILES string of the molecule is CCCC(CCO[Si](c1ccccc1)(c1ccccc1)C(C)(C)C)Nc1nc(NC(=O)OC)nc2cnn(Cc3ccc(C(=O)O)cc3OC)c12. The molecule has 1 unspecified atom stereocenters. The van der Waals surface area contributed by atoms with Gasteiger partial charge in [0.1, 0.15) is 16.8 Å². The van der Waals surface area contributed by atoms with Gasteiger partial charge in [-0.3, -0.25) is 10.00 Å². The fraction of sp³-hybridized carbons (Fsp3) is 0.342. The van der Waals surface area contributed by atoms with Crippen molar-refractivity contribution < 1.29 is 28.6 Å². The lowest BCUT2D eigenvalue weighted by atomic mass is 10.1. The number of aromatic nitrogens is 4. The third-order valence-electron chi connectivity index (χ3n) is 8.92. The molecule has 5 rings (SSSR count). The van der Waals surface area contributed by atoms with Crippen LogP contribution in [0.25, 0.3) is 11.0 Å². The van der Waals surface area contributed by atoms with Crippen LogP contribution in [0.2, 0.25) is 5.04 Å². The predicted molar refractivity (Wildman–Crippen MR) is 201 cm³/mol. The number of benzene rings is 3. The first kappa shape index (κ1) is 37.0. The lowest BCUT2D eigenvalue weighted by molar-refractivity contribution is 0.0696. The molecule has 0 radical (unpaired) electrons. The van der Waals surface area contributed by atoms with E-state index in [0.717, 1.165) is 18.4 Å². The first-order valence-corrected chi connectivity index (χ1v) is 18.9. The van der Waals surface area contributed by atoms with Crippen LogP contribution in [-0.2, 0) is 15.7 Å². The molecular weight excluding hydrogens is 665 g/mol. The van der Waals surface area contributed by atoms with Crippen LogP contribution in [0.1, 0.15) is 62.9 Å². The number of hydrogen-bond donors (Lipinski definition) is 3. The summed E-state index contributed by atoms with van der Waals surface area (Å²) in [7, 11) is 0.0260. The van der Waals surface area contributed by atoms with Gasteiger partial charge >= 0.3 is 12.1 Å². The molecule has 51 heavy (non-hydrogen) atoms. The zero-order chi connectivity index (χ0) is 36.6. The fourth-order valence-corrected chi connectivity index (χ4v) is 11.1. The highest BCUT2D eigenvalue weighted by atomic mass is 28.4. The Morgan fingerprint density at radius 1 is 0.941 bits per heavy atom. The molecule has 1 atom stereocenters. The summed E-state index contributed by atoms with van der Waals surface area (Å²) < 4.78 is 19.3. The van der Waals surface area contributed by atoms with Crippen molar-refractivity contribution in [2.45, 2.75) is 64.6 Å². The van der Waals surface area contributed by atoms with Crippen molar-refractivity contribution in [2.75, 3.05) is 31.5 Å². The first-order chi connectivity index (χ1) is 24.5. The molecule has 0 saturated carbocycles. The Morgan fingerprint density at radius 2 is 1.61 bits per heavy atom. The van der Waals surface area contributed by atoms with Gasteiger partial charge in [-0.05, 0) is 40.4 Å². The number of nitrogens with one attached hydrogen (secondary N) is 2. The van der Waals surface area contributed by atoms with Crippen molar-refractivity contribution in [2.24, 2.45) is 0 Å². The molecule has 5 aromatic rings. The van der Waals surface area contributed by atoms with Crippen LogP contribution < -0.4 is 25.7 Å². The molecular formula is C38H46N6O6Si. The molecule has 1 amide bonds. The Bertz CT molecular complexity index is 1910. The van der Waals surface area contributed by atoms with E-state index >= 15 is 0 Å². The van der Waals surface area contributed by atoms with E-state index in [-0.39, 0.29) is 29.1 Å². The second kappa shape index (κ2) is 16.2. The molecule has 268 valence electrons. The summed E-state index contributed by atoms with van der Waals surface area (Å²) in [6, 6.07) is 25.8. The van der Waals surface area contributed by atoms with Gasteiger partial charge in [-0.1, -0.05) is 101 Å². The van der Waals surface area contributed by atoms with E-state index in [1.165, 1.54) is 36.7 Å². The zero-order valence-electron chi connectivity index (χ0n) is 30.0. The smallest absolute Gasteiger partial charge is 0.413 e. The Kier molecular flexibility index (Phi) is 11.7. The van der Waals surface area contributed by atoms with Gasteiger partial charge in [0.2, 0.25) is 5.95 Å². The Labute approximate surface area is 299 Å². The molecule has 0 saturated heterocycles. The highest BCUT2D eigenvalue weighted by Crippen LogP contribution is 2.37. The van der Waals surface area contributed by atoms with E-state index in [1.54, 1.807) is 16.9 Å². The van der Waals surface area contributed by atoms with Crippen LogP contribution in [-0.4, -0.2) is 72.1 Å². The molecule has 3 aromatic carbocycles. The predicted octanol–water partition coefficient (Wildman–Crippen LogP) is 6.31. The molecule has 0 fully saturated rings. The highest BCUT2D eigenvalue weighted by Gasteiger charge is 2.50. The van der Waals surface area contributed by atoms with Crippen molar-refractivity contribution in [1.82, 2.24) is 19.7 Å². The van der Waals surface area contributed by atoms with Crippen molar-refractivity contribution in [3.63, 3.8) is 0 Å². The van der Waals surface area contributed by atoms with Crippen molar-refractivity contribution in [3.05, 3.63) is 96.2 Å². The van der Waals surface area contributed by atoms with Crippen molar-refractivity contribution in [1.29, 1.82) is 0 Å². The summed E-state index contributed by atoms with van der Waals surface area (Å²) in [6.45, 7) is 9.68. The number of carboxylic acids is 1. The highest BCUT2D eigenvalue weighted by molar-refractivity contribution is 6.99. The van der Waals surface area contributed by atoms with Gasteiger partial charge in [0.15, 0.2) is 5.82 Å². The van der Waals surface area contributed by atoms with E-state index in [2.05, 4.69) is 96.9 Å². The Hall–Kier alpha value is -5.27. The van der Waals surface area contributed by atoms with Crippen molar-refractivity contribution >= 4 is 53.6 Å². The molecule has 0 bridgehead atoms. The van der Waals surface area contributed by atoms with Gasteiger partial charge in [0.25, 0.3) is 8.32 Å². The van der Waals surface area contributed by atoms with Crippen LogP contribution in [0, 0.1) is 0 Å². The number of nitrogens with zero attached hydrogens (tertiary/aromatic N) is 4. The van der Waals surface area contributed by atoms with E-state index < -0.39 is 20.4 Å². The third-order valence-corrected chi connectivity index (χ3v) is 14.0. The second-order valence-electron chi connectivity index (χ2n) is 13.3. The number of rotatable bonds is 15. The van der Waals surface area contributed by atoms with Gasteiger partial charge in [-0.15, -0.1) is 0 Å². The number of amides is 1. The molecule has 0 spiro atoms. The minimum absolute atomic E-state index is 0.0509. The van der Waals surface area contributed by atoms with Crippen LogP contribution in [0.5, 0.6) is 5.75 Å². The molecule has 13 heteroatoms. The summed E-state index contributed by atoms with van der Waals surface area (Å²) in [5.41, 5.74) is 1.95. The molecule has 3 N–H and O–H groups in total. The second-order valence-corrected chi connectivity index (χ2v) is 17.6. The van der Waals surface area contributed by atoms with Crippen LogP contribution in [0.3, 0.4) is 0 Å². The average molecular weight is 711 g/mol. The Morgan fingerprint density at radius 3 is 2.18 bits per heavy atom. The molecule has 2 aromatic heterocycles. The maximum Gasteiger partial charge on any atom is 0.413 e. The van der Waals surface area contributed by atoms with Crippen LogP contribution >= 0.6 is 0 Å². The number of anilines is 2. The maximum atomic E-state index is 12.2. The largest absolute Gasteiger partial charge is 0.496 e. The van der Waals surface area contributed by atoms with Gasteiger partial charge in [-0.25, -0.2) is 14.6 Å². The summed E-state index contributed by atoms with van der Waals surface area (Å²) in [5, 5.41) is 22.6. The minimum atomic E-state index is -2.75. The van der Waals surface area contributed by atoms with Gasteiger partial charge < -0.3 is 24.3 Å². The lowest BCUT2D eigenvalue weighted by Gasteiger charge is -2.43. The van der Waals surface area contributed by atoms with E-state index in [4.69, 9.17) is 18.9 Å². The molecule has 12 nitrogen and oxygen atoms in total. The minimum Gasteiger partial charge on any atom is -0.496 e. The maximum absolute atomic E-state index is 12.2. The normalized spacial score (nSPS) is 12.4.